The normalized spacial score (nSPS) is 15.5. The summed E-state index contributed by atoms with van der Waals surface area (Å²) < 4.78 is 43.8. The summed E-state index contributed by atoms with van der Waals surface area (Å²) in [6.45, 7) is 0.878. The number of rotatable bonds is 7. The lowest BCUT2D eigenvalue weighted by atomic mass is 10.1. The fraction of sp³-hybridized carbons (Fsp3) is 0.250. The van der Waals surface area contributed by atoms with E-state index in [1.54, 1.807) is 30.3 Å². The van der Waals surface area contributed by atoms with E-state index >= 15 is 0 Å². The number of carbonyl (C=O) groups excluding carboxylic acids is 2. The molecule has 1 aliphatic rings. The molecule has 8 nitrogen and oxygen atoms in total. The summed E-state index contributed by atoms with van der Waals surface area (Å²) >= 11 is 0. The van der Waals surface area contributed by atoms with E-state index in [1.807, 2.05) is 0 Å². The lowest BCUT2D eigenvalue weighted by Crippen LogP contribution is -2.36. The van der Waals surface area contributed by atoms with Crippen LogP contribution in [0.1, 0.15) is 28.2 Å². The van der Waals surface area contributed by atoms with Gasteiger partial charge in [-0.1, -0.05) is 0 Å². The van der Waals surface area contributed by atoms with E-state index in [-0.39, 0.29) is 35.8 Å². The summed E-state index contributed by atoms with van der Waals surface area (Å²) in [6.07, 6.45) is -3.75. The number of benzene rings is 2. The van der Waals surface area contributed by atoms with Gasteiger partial charge in [-0.05, 0) is 61.0 Å². The third kappa shape index (κ3) is 5.93. The number of hydrogen-bond acceptors (Lipinski definition) is 6. The number of nitrogens with one attached hydrogen (secondary N) is 3. The lowest BCUT2D eigenvalue weighted by molar-refractivity contribution is -0.137. The molecular formula is C24H22F3N5O3. The molecule has 1 atom stereocenters. The number of nitrogens with zero attached hydrogens (tertiary/aromatic N) is 2. The standard InChI is InChI=1S/C24H22F3N5O3/c1-28-22(33)20-12-16(13-30-19-10-11-29-23(19)34)31-21(32-20)14-2-6-17(7-3-14)35-18-8-4-15(5-9-18)24(25,26)27/h2-9,12,19,30H,10-11,13H2,1H3,(H,28,33)(H,29,34)/t19-/m0/s1. The smallest absolute Gasteiger partial charge is 0.416 e. The highest BCUT2D eigenvalue weighted by Crippen LogP contribution is 2.31. The summed E-state index contributed by atoms with van der Waals surface area (Å²) in [5, 5.41) is 8.43. The molecule has 0 unspecified atom stereocenters. The van der Waals surface area contributed by atoms with Crippen LogP contribution in [0.2, 0.25) is 0 Å². The van der Waals surface area contributed by atoms with Gasteiger partial charge in [-0.2, -0.15) is 13.2 Å². The number of amides is 2. The second kappa shape index (κ2) is 10.1. The first-order valence-corrected chi connectivity index (χ1v) is 10.8. The van der Waals surface area contributed by atoms with E-state index in [0.29, 0.717) is 35.8 Å². The first kappa shape index (κ1) is 24.1. The molecule has 11 heteroatoms. The zero-order valence-electron chi connectivity index (χ0n) is 18.6. The molecule has 35 heavy (non-hydrogen) atoms. The van der Waals surface area contributed by atoms with E-state index in [2.05, 4.69) is 25.9 Å². The van der Waals surface area contributed by atoms with Gasteiger partial charge in [0.05, 0.1) is 17.3 Å². The van der Waals surface area contributed by atoms with Crippen LogP contribution in [0.3, 0.4) is 0 Å². The average Bonchev–Trinajstić information content (AvgIpc) is 3.27. The topological polar surface area (TPSA) is 105 Å². The number of carbonyl (C=O) groups is 2. The van der Waals surface area contributed by atoms with Gasteiger partial charge in [0.15, 0.2) is 5.82 Å². The number of aromatic nitrogens is 2. The Labute approximate surface area is 198 Å². The number of ether oxygens (including phenoxy) is 1. The largest absolute Gasteiger partial charge is 0.457 e. The van der Waals surface area contributed by atoms with Crippen molar-refractivity contribution in [3.05, 3.63) is 71.5 Å². The van der Waals surface area contributed by atoms with Gasteiger partial charge in [0, 0.05) is 25.7 Å². The zero-order valence-corrected chi connectivity index (χ0v) is 18.6. The third-order valence-electron chi connectivity index (χ3n) is 5.35. The van der Waals surface area contributed by atoms with E-state index in [9.17, 15) is 22.8 Å². The molecule has 0 bridgehead atoms. The highest BCUT2D eigenvalue weighted by molar-refractivity contribution is 5.92. The van der Waals surface area contributed by atoms with Crippen molar-refractivity contribution in [1.29, 1.82) is 0 Å². The van der Waals surface area contributed by atoms with Crippen molar-refractivity contribution >= 4 is 11.8 Å². The Balaban J connectivity index is 1.52. The molecule has 0 saturated carbocycles. The van der Waals surface area contributed by atoms with Gasteiger partial charge in [-0.25, -0.2) is 9.97 Å². The second-order valence-corrected chi connectivity index (χ2v) is 7.81. The Morgan fingerprint density at radius 2 is 1.74 bits per heavy atom. The van der Waals surface area contributed by atoms with Crippen LogP contribution >= 0.6 is 0 Å². The fourth-order valence-corrected chi connectivity index (χ4v) is 3.50. The van der Waals surface area contributed by atoms with Crippen LogP contribution in [-0.2, 0) is 17.5 Å². The predicted molar refractivity (Wildman–Crippen MR) is 121 cm³/mol. The highest BCUT2D eigenvalue weighted by atomic mass is 19.4. The molecule has 0 radical (unpaired) electrons. The minimum Gasteiger partial charge on any atom is -0.457 e. The summed E-state index contributed by atoms with van der Waals surface area (Å²) in [5.41, 5.74) is 0.566. The molecule has 182 valence electrons. The molecule has 3 aromatic rings. The van der Waals surface area contributed by atoms with Crippen molar-refractivity contribution < 1.29 is 27.5 Å². The van der Waals surface area contributed by atoms with E-state index in [1.165, 1.54) is 19.2 Å². The first-order valence-electron chi connectivity index (χ1n) is 10.8. The molecular weight excluding hydrogens is 463 g/mol. The Morgan fingerprint density at radius 1 is 1.09 bits per heavy atom. The van der Waals surface area contributed by atoms with Crippen LogP contribution in [0.4, 0.5) is 13.2 Å². The molecule has 3 N–H and O–H groups in total. The van der Waals surface area contributed by atoms with Gasteiger partial charge in [-0.15, -0.1) is 0 Å². The van der Waals surface area contributed by atoms with Gasteiger partial charge in [0.1, 0.15) is 17.2 Å². The van der Waals surface area contributed by atoms with Gasteiger partial charge in [0.25, 0.3) is 5.91 Å². The number of halogens is 3. The molecule has 1 saturated heterocycles. The molecule has 1 aliphatic heterocycles. The lowest BCUT2D eigenvalue weighted by Gasteiger charge is -2.12. The first-order chi connectivity index (χ1) is 16.7. The van der Waals surface area contributed by atoms with Gasteiger partial charge in [-0.3, -0.25) is 9.59 Å². The van der Waals surface area contributed by atoms with Crippen molar-refractivity contribution in [2.45, 2.75) is 25.2 Å². The summed E-state index contributed by atoms with van der Waals surface area (Å²) in [5.74, 6) is 0.517. The predicted octanol–water partition coefficient (Wildman–Crippen LogP) is 3.29. The van der Waals surface area contributed by atoms with E-state index in [0.717, 1.165) is 12.1 Å². The van der Waals surface area contributed by atoms with Crippen molar-refractivity contribution in [1.82, 2.24) is 25.9 Å². The van der Waals surface area contributed by atoms with E-state index in [4.69, 9.17) is 4.74 Å². The maximum atomic E-state index is 12.7. The third-order valence-corrected chi connectivity index (χ3v) is 5.35. The zero-order chi connectivity index (χ0) is 25.0. The Bertz CT molecular complexity index is 1210. The average molecular weight is 485 g/mol. The fourth-order valence-electron chi connectivity index (χ4n) is 3.50. The van der Waals surface area contributed by atoms with Crippen LogP contribution in [0.5, 0.6) is 11.5 Å². The second-order valence-electron chi connectivity index (χ2n) is 7.81. The Kier molecular flexibility index (Phi) is 6.97. The minimum atomic E-state index is -4.42. The minimum absolute atomic E-state index is 0.0746. The van der Waals surface area contributed by atoms with Crippen LogP contribution in [0.25, 0.3) is 11.4 Å². The van der Waals surface area contributed by atoms with Crippen molar-refractivity contribution in [2.24, 2.45) is 0 Å². The Morgan fingerprint density at radius 3 is 2.31 bits per heavy atom. The molecule has 1 aromatic heterocycles. The summed E-state index contributed by atoms with van der Waals surface area (Å²) in [6, 6.07) is 12.3. The molecule has 0 spiro atoms. The summed E-state index contributed by atoms with van der Waals surface area (Å²) in [7, 11) is 1.50. The SMILES string of the molecule is CNC(=O)c1cc(CN[C@H]2CCNC2=O)nc(-c2ccc(Oc3ccc(C(F)(F)F)cc3)cc2)n1. The van der Waals surface area contributed by atoms with Crippen molar-refractivity contribution in [3.8, 4) is 22.9 Å². The van der Waals surface area contributed by atoms with Gasteiger partial charge in [0.2, 0.25) is 5.91 Å². The van der Waals surface area contributed by atoms with Crippen LogP contribution in [-0.4, -0.2) is 41.4 Å². The molecule has 4 rings (SSSR count). The Hall–Kier alpha value is -3.99. The molecule has 2 amide bonds. The van der Waals surface area contributed by atoms with Crippen LogP contribution < -0.4 is 20.7 Å². The van der Waals surface area contributed by atoms with Crippen LogP contribution in [0.15, 0.2) is 54.6 Å². The number of hydrogen-bond donors (Lipinski definition) is 3. The highest BCUT2D eigenvalue weighted by Gasteiger charge is 2.30. The van der Waals surface area contributed by atoms with E-state index < -0.39 is 11.7 Å². The maximum Gasteiger partial charge on any atom is 0.416 e. The molecule has 2 aromatic carbocycles. The number of alkyl halides is 3. The van der Waals surface area contributed by atoms with Crippen molar-refractivity contribution in [3.63, 3.8) is 0 Å². The van der Waals surface area contributed by atoms with Crippen molar-refractivity contribution in [2.75, 3.05) is 13.6 Å². The summed E-state index contributed by atoms with van der Waals surface area (Å²) in [4.78, 5) is 32.9. The maximum absolute atomic E-state index is 12.7. The monoisotopic (exact) mass is 485 g/mol. The molecule has 0 aliphatic carbocycles. The molecule has 2 heterocycles. The van der Waals surface area contributed by atoms with Gasteiger partial charge < -0.3 is 20.7 Å². The quantitative estimate of drug-likeness (QED) is 0.475. The van der Waals surface area contributed by atoms with Gasteiger partial charge >= 0.3 is 6.18 Å². The molecule has 1 fully saturated rings. The van der Waals surface area contributed by atoms with Crippen LogP contribution in [0, 0.1) is 0 Å².